The molecule has 0 aliphatic carbocycles. The molecule has 3 aromatic heterocycles. The number of fused-ring (bicyclic) bond motifs is 1. The first kappa shape index (κ1) is 20.9. The highest BCUT2D eigenvalue weighted by Crippen LogP contribution is 2.27. The third-order valence-electron chi connectivity index (χ3n) is 6.35. The molecule has 2 aliphatic rings. The number of ether oxygens (including phenoxy) is 1. The summed E-state index contributed by atoms with van der Waals surface area (Å²) in [5.41, 5.74) is 1.72. The van der Waals surface area contributed by atoms with Gasteiger partial charge in [-0.1, -0.05) is 6.07 Å². The Hall–Kier alpha value is -3.01. The largest absolute Gasteiger partial charge is 0.394 e. The SMILES string of the molecule is O=C(NC1(CO)CCOCC1)c1nc(-c2ccc(N3CCNCC3)nc2)c2ccccn12. The van der Waals surface area contributed by atoms with Crippen LogP contribution in [0.1, 0.15) is 23.5 Å². The van der Waals surface area contributed by atoms with Crippen LogP contribution in [0.5, 0.6) is 0 Å². The zero-order valence-electron chi connectivity index (χ0n) is 18.0. The maximum absolute atomic E-state index is 13.2. The number of imidazole rings is 1. The van der Waals surface area contributed by atoms with Gasteiger partial charge < -0.3 is 25.4 Å². The molecule has 0 radical (unpaired) electrons. The number of aliphatic hydroxyl groups excluding tert-OH is 1. The monoisotopic (exact) mass is 436 g/mol. The smallest absolute Gasteiger partial charge is 0.288 e. The summed E-state index contributed by atoms with van der Waals surface area (Å²) in [6.07, 6.45) is 4.80. The van der Waals surface area contributed by atoms with Gasteiger partial charge in [-0.05, 0) is 37.1 Å². The van der Waals surface area contributed by atoms with E-state index in [9.17, 15) is 9.90 Å². The molecule has 2 fully saturated rings. The third kappa shape index (κ3) is 3.94. The molecule has 9 heteroatoms. The van der Waals surface area contributed by atoms with E-state index in [1.54, 1.807) is 4.40 Å². The number of anilines is 1. The molecule has 5 heterocycles. The number of carbonyl (C=O) groups excluding carboxylic acids is 1. The van der Waals surface area contributed by atoms with Crippen molar-refractivity contribution >= 4 is 17.2 Å². The van der Waals surface area contributed by atoms with Crippen LogP contribution in [0.3, 0.4) is 0 Å². The number of aliphatic hydroxyl groups is 1. The third-order valence-corrected chi connectivity index (χ3v) is 6.35. The quantitative estimate of drug-likeness (QED) is 0.550. The van der Waals surface area contributed by atoms with Crippen LogP contribution in [-0.4, -0.2) is 76.9 Å². The number of pyridine rings is 2. The first-order chi connectivity index (χ1) is 15.7. The van der Waals surface area contributed by atoms with Crippen LogP contribution >= 0.6 is 0 Å². The Kier molecular flexibility index (Phi) is 5.77. The van der Waals surface area contributed by atoms with Crippen LogP contribution in [0.15, 0.2) is 42.7 Å². The predicted octanol–water partition coefficient (Wildman–Crippen LogP) is 1.08. The molecular weight excluding hydrogens is 408 g/mol. The van der Waals surface area contributed by atoms with E-state index in [-0.39, 0.29) is 12.5 Å². The molecule has 0 spiro atoms. The van der Waals surface area contributed by atoms with Crippen LogP contribution in [0, 0.1) is 0 Å². The normalized spacial score (nSPS) is 18.6. The maximum atomic E-state index is 13.2. The number of hydrogen-bond donors (Lipinski definition) is 3. The minimum absolute atomic E-state index is 0.129. The van der Waals surface area contributed by atoms with E-state index in [4.69, 9.17) is 9.72 Å². The Morgan fingerprint density at radius 1 is 1.19 bits per heavy atom. The average molecular weight is 437 g/mol. The molecule has 168 valence electrons. The van der Waals surface area contributed by atoms with E-state index in [0.717, 1.165) is 43.1 Å². The molecule has 0 atom stereocenters. The lowest BCUT2D eigenvalue weighted by atomic mass is 9.91. The van der Waals surface area contributed by atoms with Crippen molar-refractivity contribution in [2.45, 2.75) is 18.4 Å². The highest BCUT2D eigenvalue weighted by atomic mass is 16.5. The number of aromatic nitrogens is 3. The molecule has 0 unspecified atom stereocenters. The van der Waals surface area contributed by atoms with Gasteiger partial charge in [-0.2, -0.15) is 0 Å². The minimum Gasteiger partial charge on any atom is -0.394 e. The fourth-order valence-corrected chi connectivity index (χ4v) is 4.40. The van der Waals surface area contributed by atoms with Crippen molar-refractivity contribution in [3.8, 4) is 11.3 Å². The Balaban J connectivity index is 1.45. The van der Waals surface area contributed by atoms with Crippen LogP contribution < -0.4 is 15.5 Å². The first-order valence-electron chi connectivity index (χ1n) is 11.1. The molecule has 1 amide bonds. The van der Waals surface area contributed by atoms with Crippen molar-refractivity contribution in [3.63, 3.8) is 0 Å². The van der Waals surface area contributed by atoms with E-state index < -0.39 is 5.54 Å². The summed E-state index contributed by atoms with van der Waals surface area (Å²) in [4.78, 5) is 24.8. The van der Waals surface area contributed by atoms with Crippen molar-refractivity contribution in [2.75, 3.05) is 50.9 Å². The van der Waals surface area contributed by atoms with E-state index >= 15 is 0 Å². The second-order valence-electron chi connectivity index (χ2n) is 8.39. The van der Waals surface area contributed by atoms with Gasteiger partial charge in [0.1, 0.15) is 5.82 Å². The Morgan fingerprint density at radius 2 is 2.00 bits per heavy atom. The summed E-state index contributed by atoms with van der Waals surface area (Å²) in [6.45, 7) is 4.67. The molecule has 0 saturated carbocycles. The number of nitrogens with zero attached hydrogens (tertiary/aromatic N) is 4. The fourth-order valence-electron chi connectivity index (χ4n) is 4.40. The van der Waals surface area contributed by atoms with Crippen molar-refractivity contribution in [2.24, 2.45) is 0 Å². The summed E-state index contributed by atoms with van der Waals surface area (Å²) in [5.74, 6) is 0.932. The van der Waals surface area contributed by atoms with Gasteiger partial charge in [-0.15, -0.1) is 0 Å². The number of rotatable bonds is 5. The minimum atomic E-state index is -0.678. The van der Waals surface area contributed by atoms with Crippen molar-refractivity contribution < 1.29 is 14.6 Å². The molecule has 3 aromatic rings. The lowest BCUT2D eigenvalue weighted by Crippen LogP contribution is -2.54. The average Bonchev–Trinajstić information content (AvgIpc) is 3.25. The van der Waals surface area contributed by atoms with Crippen LogP contribution in [0.25, 0.3) is 16.8 Å². The number of nitrogens with one attached hydrogen (secondary N) is 2. The summed E-state index contributed by atoms with van der Waals surface area (Å²) in [6, 6.07) is 9.77. The van der Waals surface area contributed by atoms with E-state index in [1.165, 1.54) is 0 Å². The van der Waals surface area contributed by atoms with Gasteiger partial charge in [0.15, 0.2) is 0 Å². The lowest BCUT2D eigenvalue weighted by molar-refractivity contribution is 0.0123. The molecule has 0 bridgehead atoms. The standard InChI is InChI=1S/C23H28N6O3/c30-16-23(6-13-32-14-7-23)27-22(31)21-26-20(18-3-1-2-10-29(18)21)17-4-5-19(25-15-17)28-11-8-24-9-12-28/h1-5,10,15,24,30H,6-9,11-14,16H2,(H,27,31). The van der Waals surface area contributed by atoms with Crippen LogP contribution in [-0.2, 0) is 4.74 Å². The van der Waals surface area contributed by atoms with Crippen molar-refractivity contribution in [1.29, 1.82) is 0 Å². The number of amides is 1. The van der Waals surface area contributed by atoms with Crippen molar-refractivity contribution in [1.82, 2.24) is 25.0 Å². The highest BCUT2D eigenvalue weighted by molar-refractivity contribution is 5.95. The van der Waals surface area contributed by atoms with Gasteiger partial charge in [0.05, 0.1) is 23.4 Å². The van der Waals surface area contributed by atoms with Gasteiger partial charge in [-0.25, -0.2) is 9.97 Å². The molecule has 5 rings (SSSR count). The molecule has 2 aliphatic heterocycles. The number of hydrogen-bond acceptors (Lipinski definition) is 7. The van der Waals surface area contributed by atoms with Gasteiger partial charge >= 0.3 is 0 Å². The molecule has 9 nitrogen and oxygen atoms in total. The highest BCUT2D eigenvalue weighted by Gasteiger charge is 2.35. The predicted molar refractivity (Wildman–Crippen MR) is 121 cm³/mol. The summed E-state index contributed by atoms with van der Waals surface area (Å²) < 4.78 is 7.19. The Bertz CT molecular complexity index is 1080. The van der Waals surface area contributed by atoms with Gasteiger partial charge in [0, 0.05) is 57.3 Å². The van der Waals surface area contributed by atoms with E-state index in [0.29, 0.717) is 37.6 Å². The first-order valence-corrected chi connectivity index (χ1v) is 11.1. The van der Waals surface area contributed by atoms with Crippen LogP contribution in [0.4, 0.5) is 5.82 Å². The van der Waals surface area contributed by atoms with Gasteiger partial charge in [0.25, 0.3) is 5.91 Å². The summed E-state index contributed by atoms with van der Waals surface area (Å²) >= 11 is 0. The number of piperazine rings is 1. The van der Waals surface area contributed by atoms with Crippen molar-refractivity contribution in [3.05, 3.63) is 48.5 Å². The van der Waals surface area contributed by atoms with Crippen LogP contribution in [0.2, 0.25) is 0 Å². The van der Waals surface area contributed by atoms with E-state index in [2.05, 4.69) is 20.5 Å². The second kappa shape index (κ2) is 8.85. The fraction of sp³-hybridized carbons (Fsp3) is 0.435. The zero-order chi connectivity index (χ0) is 22.0. The zero-order valence-corrected chi connectivity index (χ0v) is 18.0. The molecular formula is C23H28N6O3. The molecule has 3 N–H and O–H groups in total. The number of carbonyl (C=O) groups is 1. The molecule has 2 saturated heterocycles. The maximum Gasteiger partial charge on any atom is 0.288 e. The second-order valence-corrected chi connectivity index (χ2v) is 8.39. The topological polar surface area (TPSA) is 104 Å². The van der Waals surface area contributed by atoms with Gasteiger partial charge in [0.2, 0.25) is 5.82 Å². The Labute approximate surface area is 186 Å². The van der Waals surface area contributed by atoms with E-state index in [1.807, 2.05) is 42.7 Å². The molecule has 0 aromatic carbocycles. The lowest BCUT2D eigenvalue weighted by Gasteiger charge is -2.36. The summed E-state index contributed by atoms with van der Waals surface area (Å²) in [7, 11) is 0. The Morgan fingerprint density at radius 3 is 2.72 bits per heavy atom. The van der Waals surface area contributed by atoms with Gasteiger partial charge in [-0.3, -0.25) is 9.20 Å². The summed E-state index contributed by atoms with van der Waals surface area (Å²) in [5, 5.41) is 16.3. The molecule has 32 heavy (non-hydrogen) atoms.